The molecule has 1 aromatic rings. The van der Waals surface area contributed by atoms with Gasteiger partial charge in [-0.05, 0) is 30.5 Å². The van der Waals surface area contributed by atoms with E-state index in [1.165, 1.54) is 18.5 Å². The Bertz CT molecular complexity index is 844. The highest BCUT2D eigenvalue weighted by atomic mass is 32.2. The van der Waals surface area contributed by atoms with Crippen LogP contribution in [0.4, 0.5) is 4.79 Å². The fraction of sp³-hybridized carbons (Fsp3) is 0.556. The van der Waals surface area contributed by atoms with Gasteiger partial charge < -0.3 is 24.8 Å². The summed E-state index contributed by atoms with van der Waals surface area (Å²) in [6.07, 6.45) is 2.37. The average molecular weight is 429 g/mol. The molecule has 0 saturated carbocycles. The summed E-state index contributed by atoms with van der Waals surface area (Å²) in [5.74, 6) is -0.160. The third kappa shape index (κ3) is 6.50. The number of carbonyl (C=O) groups excluding carboxylic acids is 1. The molecular weight excluding hydrogens is 402 g/mol. The van der Waals surface area contributed by atoms with Crippen LogP contribution in [0, 0.1) is 0 Å². The Hall–Kier alpha value is -2.53. The number of urea groups is 1. The third-order valence-electron chi connectivity index (χ3n) is 4.62. The SMILES string of the molecule is COc1ccc(CN(CC(=O)O)C(=O)NC2CCCN(S(C)(=O)=O)C2)cc1OC. The van der Waals surface area contributed by atoms with Gasteiger partial charge in [-0.25, -0.2) is 17.5 Å². The zero-order chi connectivity index (χ0) is 21.6. The first-order chi connectivity index (χ1) is 13.6. The van der Waals surface area contributed by atoms with Crippen molar-refractivity contribution in [1.29, 1.82) is 0 Å². The van der Waals surface area contributed by atoms with Gasteiger partial charge in [-0.15, -0.1) is 0 Å². The summed E-state index contributed by atoms with van der Waals surface area (Å²) in [5, 5.41) is 12.0. The van der Waals surface area contributed by atoms with Crippen LogP contribution < -0.4 is 14.8 Å². The minimum Gasteiger partial charge on any atom is -0.493 e. The number of nitrogens with one attached hydrogen (secondary N) is 1. The van der Waals surface area contributed by atoms with Crippen molar-refractivity contribution in [2.24, 2.45) is 0 Å². The van der Waals surface area contributed by atoms with Gasteiger partial charge in [-0.3, -0.25) is 4.79 Å². The Morgan fingerprint density at radius 1 is 1.28 bits per heavy atom. The van der Waals surface area contributed by atoms with E-state index < -0.39 is 28.6 Å². The molecule has 2 amide bonds. The van der Waals surface area contributed by atoms with Crippen molar-refractivity contribution in [2.45, 2.75) is 25.4 Å². The summed E-state index contributed by atoms with van der Waals surface area (Å²) < 4.78 is 35.2. The van der Waals surface area contributed by atoms with Gasteiger partial charge >= 0.3 is 12.0 Å². The van der Waals surface area contributed by atoms with E-state index in [0.717, 1.165) is 11.2 Å². The maximum absolute atomic E-state index is 12.7. The van der Waals surface area contributed by atoms with Crippen molar-refractivity contribution in [3.63, 3.8) is 0 Å². The lowest BCUT2D eigenvalue weighted by Crippen LogP contribution is -2.53. The number of ether oxygens (including phenoxy) is 2. The molecule has 29 heavy (non-hydrogen) atoms. The number of carboxylic acids is 1. The molecule has 1 aromatic carbocycles. The first-order valence-electron chi connectivity index (χ1n) is 9.07. The van der Waals surface area contributed by atoms with Crippen LogP contribution in [0.1, 0.15) is 18.4 Å². The number of rotatable bonds is 8. The lowest BCUT2D eigenvalue weighted by atomic mass is 10.1. The maximum atomic E-state index is 12.7. The smallest absolute Gasteiger partial charge is 0.323 e. The van der Waals surface area contributed by atoms with Crippen LogP contribution in [0.2, 0.25) is 0 Å². The van der Waals surface area contributed by atoms with Gasteiger partial charge in [-0.2, -0.15) is 0 Å². The fourth-order valence-corrected chi connectivity index (χ4v) is 4.10. The molecule has 1 saturated heterocycles. The van der Waals surface area contributed by atoms with Gasteiger partial charge in [0.25, 0.3) is 0 Å². The van der Waals surface area contributed by atoms with E-state index in [9.17, 15) is 23.1 Å². The number of methoxy groups -OCH3 is 2. The van der Waals surface area contributed by atoms with E-state index in [1.807, 2.05) is 0 Å². The van der Waals surface area contributed by atoms with Crippen LogP contribution in [0.25, 0.3) is 0 Å². The van der Waals surface area contributed by atoms with E-state index in [-0.39, 0.29) is 19.1 Å². The first-order valence-corrected chi connectivity index (χ1v) is 10.9. The van der Waals surface area contributed by atoms with Crippen LogP contribution in [-0.4, -0.2) is 80.9 Å². The molecule has 1 fully saturated rings. The first kappa shape index (κ1) is 22.8. The van der Waals surface area contributed by atoms with Crippen molar-refractivity contribution in [3.8, 4) is 11.5 Å². The molecular formula is C18H27N3O7S. The van der Waals surface area contributed by atoms with E-state index in [4.69, 9.17) is 9.47 Å². The molecule has 0 spiro atoms. The van der Waals surface area contributed by atoms with Gasteiger partial charge in [0.1, 0.15) is 6.54 Å². The fourth-order valence-electron chi connectivity index (χ4n) is 3.19. The van der Waals surface area contributed by atoms with Crippen molar-refractivity contribution in [1.82, 2.24) is 14.5 Å². The molecule has 0 radical (unpaired) electrons. The lowest BCUT2D eigenvalue weighted by molar-refractivity contribution is -0.137. The molecule has 1 atom stereocenters. The van der Waals surface area contributed by atoms with Gasteiger partial charge in [0.05, 0.1) is 20.5 Å². The second-order valence-electron chi connectivity index (χ2n) is 6.85. The summed E-state index contributed by atoms with van der Waals surface area (Å²) in [7, 11) is -0.356. The van der Waals surface area contributed by atoms with Crippen molar-refractivity contribution in [2.75, 3.05) is 40.1 Å². The molecule has 1 aliphatic rings. The molecule has 0 aliphatic carbocycles. The van der Waals surface area contributed by atoms with E-state index in [1.54, 1.807) is 18.2 Å². The Labute approximate surface area is 170 Å². The zero-order valence-electron chi connectivity index (χ0n) is 16.8. The number of nitrogens with zero attached hydrogens (tertiary/aromatic N) is 2. The molecule has 1 unspecified atom stereocenters. The minimum atomic E-state index is -3.35. The number of amides is 2. The number of benzene rings is 1. The second-order valence-corrected chi connectivity index (χ2v) is 8.83. The largest absolute Gasteiger partial charge is 0.493 e. The Morgan fingerprint density at radius 3 is 2.55 bits per heavy atom. The summed E-state index contributed by atoms with van der Waals surface area (Å²) >= 11 is 0. The van der Waals surface area contributed by atoms with Crippen LogP contribution in [-0.2, 0) is 21.4 Å². The summed E-state index contributed by atoms with van der Waals surface area (Å²) in [6, 6.07) is 4.12. The van der Waals surface area contributed by atoms with Crippen molar-refractivity contribution in [3.05, 3.63) is 23.8 Å². The van der Waals surface area contributed by atoms with Crippen LogP contribution in [0.3, 0.4) is 0 Å². The average Bonchev–Trinajstić information content (AvgIpc) is 2.66. The Morgan fingerprint density at radius 2 is 1.97 bits per heavy atom. The molecule has 1 aliphatic heterocycles. The molecule has 2 N–H and O–H groups in total. The van der Waals surface area contributed by atoms with Crippen LogP contribution >= 0.6 is 0 Å². The highest BCUT2D eigenvalue weighted by Crippen LogP contribution is 2.28. The van der Waals surface area contributed by atoms with Gasteiger partial charge in [0, 0.05) is 25.7 Å². The summed E-state index contributed by atoms with van der Waals surface area (Å²) in [5.41, 5.74) is 0.667. The summed E-state index contributed by atoms with van der Waals surface area (Å²) in [4.78, 5) is 25.1. The number of piperidine rings is 1. The van der Waals surface area contributed by atoms with Gasteiger partial charge in [-0.1, -0.05) is 6.07 Å². The zero-order valence-corrected chi connectivity index (χ0v) is 17.6. The molecule has 11 heteroatoms. The molecule has 0 aromatic heterocycles. The van der Waals surface area contributed by atoms with Gasteiger partial charge in [0.15, 0.2) is 11.5 Å². The number of carbonyl (C=O) groups is 2. The van der Waals surface area contributed by atoms with E-state index in [2.05, 4.69) is 5.32 Å². The summed E-state index contributed by atoms with van der Waals surface area (Å²) in [6.45, 7) is 0.126. The molecule has 0 bridgehead atoms. The number of hydrogen-bond donors (Lipinski definition) is 2. The third-order valence-corrected chi connectivity index (χ3v) is 5.89. The number of sulfonamides is 1. The quantitative estimate of drug-likeness (QED) is 0.624. The molecule has 10 nitrogen and oxygen atoms in total. The predicted octanol–water partition coefficient (Wildman–Crippen LogP) is 0.724. The standard InChI is InChI=1S/C18H27N3O7S/c1-27-15-7-6-13(9-16(15)28-2)10-20(12-17(22)23)18(24)19-14-5-4-8-21(11-14)29(3,25)26/h6-7,9,14H,4-5,8,10-12H2,1-3H3,(H,19,24)(H,22,23). The second kappa shape index (κ2) is 9.79. The number of aliphatic carboxylic acids is 1. The Kier molecular flexibility index (Phi) is 7.68. The number of carboxylic acid groups (broad SMARTS) is 1. The number of hydrogen-bond acceptors (Lipinski definition) is 6. The highest BCUT2D eigenvalue weighted by molar-refractivity contribution is 7.88. The molecule has 2 rings (SSSR count). The molecule has 1 heterocycles. The molecule has 162 valence electrons. The van der Waals surface area contributed by atoms with Crippen molar-refractivity contribution >= 4 is 22.0 Å². The minimum absolute atomic E-state index is 0.0427. The van der Waals surface area contributed by atoms with Crippen molar-refractivity contribution < 1.29 is 32.6 Å². The Balaban J connectivity index is 2.11. The topological polar surface area (TPSA) is 125 Å². The highest BCUT2D eigenvalue weighted by Gasteiger charge is 2.28. The van der Waals surface area contributed by atoms with E-state index >= 15 is 0 Å². The normalized spacial score (nSPS) is 17.4. The monoisotopic (exact) mass is 429 g/mol. The van der Waals surface area contributed by atoms with E-state index in [0.29, 0.717) is 36.4 Å². The van der Waals surface area contributed by atoms with Crippen LogP contribution in [0.15, 0.2) is 18.2 Å². The van der Waals surface area contributed by atoms with Gasteiger partial charge in [0.2, 0.25) is 10.0 Å². The predicted molar refractivity (Wildman–Crippen MR) is 106 cm³/mol. The maximum Gasteiger partial charge on any atom is 0.323 e. The lowest BCUT2D eigenvalue weighted by Gasteiger charge is -2.33. The van der Waals surface area contributed by atoms with Crippen LogP contribution in [0.5, 0.6) is 11.5 Å².